The molecule has 1 N–H and O–H groups in total. The minimum atomic E-state index is -0.724. The molecule has 0 radical (unpaired) electrons. The zero-order valence-corrected chi connectivity index (χ0v) is 11.9. The van der Waals surface area contributed by atoms with Gasteiger partial charge in [0.1, 0.15) is 5.76 Å². The van der Waals surface area contributed by atoms with E-state index in [9.17, 15) is 9.18 Å². The molecule has 19 heavy (non-hydrogen) atoms. The van der Waals surface area contributed by atoms with Gasteiger partial charge in [0.05, 0.1) is 0 Å². The number of nitrogens with one attached hydrogen (secondary N) is 1. The summed E-state index contributed by atoms with van der Waals surface area (Å²) in [5.74, 6) is -0.775. The van der Waals surface area contributed by atoms with Gasteiger partial charge in [-0.2, -0.15) is 0 Å². The largest absolute Gasteiger partial charge is 0.478 e. The molecule has 1 fully saturated rings. The van der Waals surface area contributed by atoms with Crippen LogP contribution in [0.15, 0.2) is 24.2 Å². The van der Waals surface area contributed by atoms with Crippen LogP contribution >= 0.6 is 0 Å². The monoisotopic (exact) mass is 270 g/mol. The highest BCUT2D eigenvalue weighted by Crippen LogP contribution is 2.16. The van der Waals surface area contributed by atoms with Gasteiger partial charge in [0.2, 0.25) is 0 Å². The van der Waals surface area contributed by atoms with E-state index in [0.29, 0.717) is 0 Å². The van der Waals surface area contributed by atoms with E-state index in [1.54, 1.807) is 25.8 Å². The van der Waals surface area contributed by atoms with Crippen molar-refractivity contribution in [3.8, 4) is 0 Å². The average Bonchev–Trinajstić information content (AvgIpc) is 2.45. The van der Waals surface area contributed by atoms with Gasteiger partial charge in [0.25, 0.3) is 5.91 Å². The van der Waals surface area contributed by atoms with Crippen molar-refractivity contribution >= 4 is 5.91 Å². The number of hydrogen-bond donors (Lipinski definition) is 1. The molecule has 108 valence electrons. The van der Waals surface area contributed by atoms with Crippen molar-refractivity contribution < 1.29 is 13.9 Å². The number of piperidine rings is 1. The van der Waals surface area contributed by atoms with E-state index in [4.69, 9.17) is 4.74 Å². The van der Waals surface area contributed by atoms with Crippen LogP contribution in [0.5, 0.6) is 0 Å². The Morgan fingerprint density at radius 1 is 1.53 bits per heavy atom. The van der Waals surface area contributed by atoms with E-state index in [-0.39, 0.29) is 17.7 Å². The second-order valence-electron chi connectivity index (χ2n) is 4.75. The van der Waals surface area contributed by atoms with Gasteiger partial charge in [-0.1, -0.05) is 6.58 Å². The Hall–Kier alpha value is -1.36. The summed E-state index contributed by atoms with van der Waals surface area (Å²) in [4.78, 5) is 13.9. The molecule has 1 heterocycles. The summed E-state index contributed by atoms with van der Waals surface area (Å²) in [6, 6.07) is 0.222. The lowest BCUT2D eigenvalue weighted by molar-refractivity contribution is -0.141. The van der Waals surface area contributed by atoms with Crippen molar-refractivity contribution in [1.29, 1.82) is 0 Å². The fraction of sp³-hybridized carbons (Fsp3) is 0.643. The van der Waals surface area contributed by atoms with Crippen molar-refractivity contribution in [2.45, 2.75) is 38.8 Å². The SMILES string of the molecule is C=C(OC(C)C(=O)N(C)C1CCNCC1)C(F)=CC. The molecule has 0 aromatic rings. The lowest BCUT2D eigenvalue weighted by Gasteiger charge is -2.33. The van der Waals surface area contributed by atoms with Gasteiger partial charge in [-0.25, -0.2) is 4.39 Å². The number of amides is 1. The molecular weight excluding hydrogens is 247 g/mol. The summed E-state index contributed by atoms with van der Waals surface area (Å²) in [5.41, 5.74) is 0. The van der Waals surface area contributed by atoms with Crippen LogP contribution < -0.4 is 5.32 Å². The predicted molar refractivity (Wildman–Crippen MR) is 73.2 cm³/mol. The van der Waals surface area contributed by atoms with Crippen LogP contribution in [-0.4, -0.2) is 43.1 Å². The molecule has 0 aromatic carbocycles. The number of ether oxygens (including phenoxy) is 1. The molecule has 1 unspecified atom stereocenters. The molecule has 4 nitrogen and oxygen atoms in total. The molecule has 5 heteroatoms. The predicted octanol–water partition coefficient (Wildman–Crippen LogP) is 1.99. The number of hydrogen-bond acceptors (Lipinski definition) is 3. The average molecular weight is 270 g/mol. The Morgan fingerprint density at radius 3 is 2.63 bits per heavy atom. The molecule has 1 amide bonds. The Bertz CT molecular complexity index is 362. The minimum Gasteiger partial charge on any atom is -0.478 e. The number of allylic oxidation sites excluding steroid dienone is 2. The first kappa shape index (κ1) is 15.7. The minimum absolute atomic E-state index is 0.0953. The molecule has 0 spiro atoms. The van der Waals surface area contributed by atoms with Gasteiger partial charge >= 0.3 is 0 Å². The molecule has 0 bridgehead atoms. The zero-order chi connectivity index (χ0) is 14.4. The van der Waals surface area contributed by atoms with Crippen LogP contribution in [0.4, 0.5) is 4.39 Å². The van der Waals surface area contributed by atoms with Crippen LogP contribution in [0.25, 0.3) is 0 Å². The Labute approximate surface area is 114 Å². The number of nitrogens with zero attached hydrogens (tertiary/aromatic N) is 1. The summed E-state index contributed by atoms with van der Waals surface area (Å²) in [6.07, 6.45) is 2.40. The second-order valence-corrected chi connectivity index (χ2v) is 4.75. The first-order valence-corrected chi connectivity index (χ1v) is 6.62. The van der Waals surface area contributed by atoms with Gasteiger partial charge in [-0.3, -0.25) is 4.79 Å². The lowest BCUT2D eigenvalue weighted by atomic mass is 10.0. The smallest absolute Gasteiger partial charge is 0.263 e. The third-order valence-electron chi connectivity index (χ3n) is 3.39. The Kier molecular flexibility index (Phi) is 6.02. The van der Waals surface area contributed by atoms with Crippen molar-refractivity contribution in [3.63, 3.8) is 0 Å². The maximum atomic E-state index is 13.2. The highest BCUT2D eigenvalue weighted by Gasteiger charge is 2.27. The van der Waals surface area contributed by atoms with E-state index in [2.05, 4.69) is 11.9 Å². The third kappa shape index (κ3) is 4.35. The van der Waals surface area contributed by atoms with Crippen LogP contribution in [0.2, 0.25) is 0 Å². The number of rotatable bonds is 5. The number of carbonyl (C=O) groups is 1. The Balaban J connectivity index is 2.53. The summed E-state index contributed by atoms with van der Waals surface area (Å²) in [7, 11) is 1.77. The summed E-state index contributed by atoms with van der Waals surface area (Å²) in [6.45, 7) is 8.47. The fourth-order valence-electron chi connectivity index (χ4n) is 2.14. The van der Waals surface area contributed by atoms with E-state index < -0.39 is 11.9 Å². The number of halogens is 1. The first-order valence-electron chi connectivity index (χ1n) is 6.62. The standard InChI is InChI=1S/C14H23FN2O2/c1-5-13(15)10(2)19-11(3)14(18)17(4)12-6-8-16-9-7-12/h5,11-12,16H,2,6-9H2,1,3-4H3. The molecule has 0 saturated carbocycles. The second kappa shape index (κ2) is 7.28. The van der Waals surface area contributed by atoms with Crippen LogP contribution in [-0.2, 0) is 9.53 Å². The van der Waals surface area contributed by atoms with Crippen molar-refractivity contribution in [1.82, 2.24) is 10.2 Å². The summed E-state index contributed by atoms with van der Waals surface area (Å²) >= 11 is 0. The molecule has 1 aliphatic heterocycles. The molecule has 1 rings (SSSR count). The van der Waals surface area contributed by atoms with Crippen LogP contribution in [0.3, 0.4) is 0 Å². The molecule has 0 aliphatic carbocycles. The van der Waals surface area contributed by atoms with Crippen LogP contribution in [0.1, 0.15) is 26.7 Å². The van der Waals surface area contributed by atoms with E-state index in [1.165, 1.54) is 6.08 Å². The van der Waals surface area contributed by atoms with E-state index >= 15 is 0 Å². The zero-order valence-electron chi connectivity index (χ0n) is 11.9. The van der Waals surface area contributed by atoms with Gasteiger partial charge in [-0.05, 0) is 45.9 Å². The molecule has 1 atom stereocenters. The number of carbonyl (C=O) groups excluding carboxylic acids is 1. The van der Waals surface area contributed by atoms with Gasteiger partial charge < -0.3 is 15.0 Å². The molecular formula is C14H23FN2O2. The molecule has 0 aromatic heterocycles. The van der Waals surface area contributed by atoms with Crippen LogP contribution in [0, 0.1) is 0 Å². The fourth-order valence-corrected chi connectivity index (χ4v) is 2.14. The molecule has 1 saturated heterocycles. The first-order chi connectivity index (χ1) is 8.97. The highest BCUT2D eigenvalue weighted by atomic mass is 19.1. The van der Waals surface area contributed by atoms with E-state index in [0.717, 1.165) is 25.9 Å². The quantitative estimate of drug-likeness (QED) is 0.613. The van der Waals surface area contributed by atoms with Gasteiger partial charge in [-0.15, -0.1) is 0 Å². The highest BCUT2D eigenvalue weighted by molar-refractivity contribution is 5.80. The third-order valence-corrected chi connectivity index (χ3v) is 3.39. The maximum Gasteiger partial charge on any atom is 0.263 e. The van der Waals surface area contributed by atoms with Gasteiger partial charge in [0, 0.05) is 13.1 Å². The van der Waals surface area contributed by atoms with Crippen molar-refractivity contribution in [2.24, 2.45) is 0 Å². The maximum absolute atomic E-state index is 13.2. The number of likely N-dealkylation sites (N-methyl/N-ethyl adjacent to an activating group) is 1. The Morgan fingerprint density at radius 2 is 2.11 bits per heavy atom. The topological polar surface area (TPSA) is 41.6 Å². The van der Waals surface area contributed by atoms with Gasteiger partial charge in [0.15, 0.2) is 11.9 Å². The lowest BCUT2D eigenvalue weighted by Crippen LogP contribution is -2.47. The summed E-state index contributed by atoms with van der Waals surface area (Å²) in [5, 5.41) is 3.25. The van der Waals surface area contributed by atoms with Crippen molar-refractivity contribution in [2.75, 3.05) is 20.1 Å². The summed E-state index contributed by atoms with van der Waals surface area (Å²) < 4.78 is 18.4. The van der Waals surface area contributed by atoms with Crippen molar-refractivity contribution in [3.05, 3.63) is 24.2 Å². The molecule has 1 aliphatic rings. The van der Waals surface area contributed by atoms with E-state index in [1.807, 2.05) is 0 Å². The normalized spacial score (nSPS) is 18.8.